The van der Waals surface area contributed by atoms with Crippen LogP contribution in [0, 0.1) is 5.82 Å². The molecule has 0 aliphatic rings. The van der Waals surface area contributed by atoms with E-state index in [9.17, 15) is 22.4 Å². The number of carbonyl (C=O) groups excluding carboxylic acids is 1. The minimum atomic E-state index is -4.51. The highest BCUT2D eigenvalue weighted by Gasteiger charge is 2.28. The fourth-order valence-electron chi connectivity index (χ4n) is 2.41. The third-order valence-corrected chi connectivity index (χ3v) is 4.92. The summed E-state index contributed by atoms with van der Waals surface area (Å²) in [4.78, 5) is 11.7. The van der Waals surface area contributed by atoms with Crippen LogP contribution >= 0.6 is 23.4 Å². The lowest BCUT2D eigenvalue weighted by Crippen LogP contribution is -2.34. The molecule has 0 aliphatic carbocycles. The van der Waals surface area contributed by atoms with Gasteiger partial charge in [-0.3, -0.25) is 9.36 Å². The molecule has 1 N–H and O–H groups in total. The van der Waals surface area contributed by atoms with E-state index in [2.05, 4.69) is 10.2 Å². The largest absolute Gasteiger partial charge is 0.405 e. The zero-order chi connectivity index (χ0) is 21.0. The zero-order valence-corrected chi connectivity index (χ0v) is 16.2. The summed E-state index contributed by atoms with van der Waals surface area (Å²) in [7, 11) is 0. The fourth-order valence-corrected chi connectivity index (χ4v) is 3.41. The first-order chi connectivity index (χ1) is 13.8. The summed E-state index contributed by atoms with van der Waals surface area (Å²) in [5, 5.41) is 10.3. The Morgan fingerprint density at radius 3 is 2.48 bits per heavy atom. The number of rotatable bonds is 6. The maximum Gasteiger partial charge on any atom is 0.405 e. The maximum absolute atomic E-state index is 14.5. The molecule has 152 valence electrons. The standard InChI is InChI=1S/C18H13ClF4N4OS/c19-12-6-2-1-5-11(12)16-25-26-17(27(16)14-8-4-3-7-13(14)20)29-9-15(28)24-10-18(21,22)23/h1-8H,9-10H2,(H,24,28). The summed E-state index contributed by atoms with van der Waals surface area (Å²) in [6, 6.07) is 12.6. The molecule has 1 aromatic heterocycles. The van der Waals surface area contributed by atoms with Crippen LogP contribution in [0.25, 0.3) is 17.1 Å². The van der Waals surface area contributed by atoms with Crippen molar-refractivity contribution < 1.29 is 22.4 Å². The molecule has 0 spiro atoms. The number of alkyl halides is 3. The van der Waals surface area contributed by atoms with E-state index in [0.29, 0.717) is 10.6 Å². The number of hydrogen-bond acceptors (Lipinski definition) is 4. The minimum Gasteiger partial charge on any atom is -0.346 e. The van der Waals surface area contributed by atoms with Crippen molar-refractivity contribution in [1.29, 1.82) is 0 Å². The van der Waals surface area contributed by atoms with Crippen molar-refractivity contribution in [2.24, 2.45) is 0 Å². The van der Waals surface area contributed by atoms with Gasteiger partial charge in [0.25, 0.3) is 0 Å². The molecule has 11 heteroatoms. The lowest BCUT2D eigenvalue weighted by molar-refractivity contribution is -0.136. The molecular formula is C18H13ClF4N4OS. The Labute approximate surface area is 172 Å². The number of thioether (sulfide) groups is 1. The van der Waals surface area contributed by atoms with E-state index in [0.717, 1.165) is 11.8 Å². The summed E-state index contributed by atoms with van der Waals surface area (Å²) in [5.41, 5.74) is 0.601. The number of nitrogens with one attached hydrogen (secondary N) is 1. The van der Waals surface area contributed by atoms with E-state index >= 15 is 0 Å². The first kappa shape index (κ1) is 21.1. The fraction of sp³-hybridized carbons (Fsp3) is 0.167. The van der Waals surface area contributed by atoms with E-state index in [4.69, 9.17) is 11.6 Å². The van der Waals surface area contributed by atoms with Gasteiger partial charge in [-0.05, 0) is 24.3 Å². The molecule has 3 rings (SSSR count). The number of amides is 1. The van der Waals surface area contributed by atoms with Gasteiger partial charge in [-0.25, -0.2) is 4.39 Å². The number of benzene rings is 2. The zero-order valence-electron chi connectivity index (χ0n) is 14.6. The number of carbonyl (C=O) groups is 1. The molecular weight excluding hydrogens is 432 g/mol. The van der Waals surface area contributed by atoms with Gasteiger partial charge in [-0.1, -0.05) is 47.6 Å². The molecule has 3 aromatic rings. The van der Waals surface area contributed by atoms with Gasteiger partial charge >= 0.3 is 6.18 Å². The third kappa shape index (κ3) is 5.27. The molecule has 1 heterocycles. The molecule has 0 fully saturated rings. The van der Waals surface area contributed by atoms with Crippen LogP contribution < -0.4 is 5.32 Å². The van der Waals surface area contributed by atoms with Crippen molar-refractivity contribution in [1.82, 2.24) is 20.1 Å². The molecule has 2 aromatic carbocycles. The number of aromatic nitrogens is 3. The van der Waals surface area contributed by atoms with Gasteiger partial charge in [0, 0.05) is 5.56 Å². The SMILES string of the molecule is O=C(CSc1nnc(-c2ccccc2Cl)n1-c1ccccc1F)NCC(F)(F)F. The van der Waals surface area contributed by atoms with Crippen LogP contribution in [0.3, 0.4) is 0 Å². The molecule has 0 saturated heterocycles. The molecule has 0 bridgehead atoms. The molecule has 0 unspecified atom stereocenters. The minimum absolute atomic E-state index is 0.116. The Hall–Kier alpha value is -2.59. The smallest absolute Gasteiger partial charge is 0.346 e. The summed E-state index contributed by atoms with van der Waals surface area (Å²) in [6.45, 7) is -1.43. The van der Waals surface area contributed by atoms with Crippen molar-refractivity contribution in [2.45, 2.75) is 11.3 Å². The quantitative estimate of drug-likeness (QED) is 0.449. The lowest BCUT2D eigenvalue weighted by atomic mass is 10.2. The van der Waals surface area contributed by atoms with Crippen molar-refractivity contribution in [3.63, 3.8) is 0 Å². The summed E-state index contributed by atoms with van der Waals surface area (Å²) >= 11 is 7.06. The van der Waals surface area contributed by atoms with Gasteiger partial charge in [0.2, 0.25) is 5.91 Å². The van der Waals surface area contributed by atoms with E-state index in [1.54, 1.807) is 35.6 Å². The van der Waals surface area contributed by atoms with Crippen molar-refractivity contribution in [3.05, 3.63) is 59.4 Å². The first-order valence-electron chi connectivity index (χ1n) is 8.18. The predicted molar refractivity (Wildman–Crippen MR) is 102 cm³/mol. The normalized spacial score (nSPS) is 11.5. The van der Waals surface area contributed by atoms with Crippen molar-refractivity contribution in [2.75, 3.05) is 12.3 Å². The Morgan fingerprint density at radius 1 is 1.10 bits per heavy atom. The van der Waals surface area contributed by atoms with Crippen LogP contribution in [0.4, 0.5) is 17.6 Å². The second-order valence-electron chi connectivity index (χ2n) is 5.75. The molecule has 29 heavy (non-hydrogen) atoms. The summed E-state index contributed by atoms with van der Waals surface area (Å²) in [5.74, 6) is -1.52. The summed E-state index contributed by atoms with van der Waals surface area (Å²) < 4.78 is 52.5. The maximum atomic E-state index is 14.5. The van der Waals surface area contributed by atoms with Crippen molar-refractivity contribution >= 4 is 29.3 Å². The molecule has 0 radical (unpaired) electrons. The molecule has 0 atom stereocenters. The first-order valence-corrected chi connectivity index (χ1v) is 9.54. The van der Waals surface area contributed by atoms with E-state index in [1.807, 2.05) is 0 Å². The average Bonchev–Trinajstić information content (AvgIpc) is 3.08. The second-order valence-corrected chi connectivity index (χ2v) is 7.10. The van der Waals surface area contributed by atoms with E-state index in [-0.39, 0.29) is 22.4 Å². The predicted octanol–water partition coefficient (Wildman–Crippen LogP) is 4.50. The van der Waals surface area contributed by atoms with Crippen LogP contribution in [0.15, 0.2) is 53.7 Å². The highest BCUT2D eigenvalue weighted by molar-refractivity contribution is 7.99. The van der Waals surface area contributed by atoms with Crippen molar-refractivity contribution in [3.8, 4) is 17.1 Å². The van der Waals surface area contributed by atoms with Gasteiger partial charge in [0.15, 0.2) is 11.0 Å². The highest BCUT2D eigenvalue weighted by atomic mass is 35.5. The topological polar surface area (TPSA) is 59.8 Å². The van der Waals surface area contributed by atoms with Gasteiger partial charge in [-0.2, -0.15) is 13.2 Å². The third-order valence-electron chi connectivity index (χ3n) is 3.66. The van der Waals surface area contributed by atoms with Crippen LogP contribution in [0.1, 0.15) is 0 Å². The van der Waals surface area contributed by atoms with E-state index < -0.39 is 24.4 Å². The van der Waals surface area contributed by atoms with Crippen LogP contribution in [-0.2, 0) is 4.79 Å². The number of nitrogens with zero attached hydrogens (tertiary/aromatic N) is 3. The Balaban J connectivity index is 1.93. The molecule has 0 aliphatic heterocycles. The van der Waals surface area contributed by atoms with Gasteiger partial charge in [0.1, 0.15) is 12.4 Å². The van der Waals surface area contributed by atoms with E-state index in [1.165, 1.54) is 22.8 Å². The Bertz CT molecular complexity index is 1030. The number of hydrogen-bond donors (Lipinski definition) is 1. The second kappa shape index (κ2) is 8.83. The highest BCUT2D eigenvalue weighted by Crippen LogP contribution is 2.32. The lowest BCUT2D eigenvalue weighted by Gasteiger charge is -2.12. The van der Waals surface area contributed by atoms with Crippen LogP contribution in [-0.4, -0.2) is 39.1 Å². The Kier molecular flexibility index (Phi) is 6.43. The molecule has 5 nitrogen and oxygen atoms in total. The number of para-hydroxylation sites is 1. The van der Waals surface area contributed by atoms with Gasteiger partial charge in [0.05, 0.1) is 16.5 Å². The van der Waals surface area contributed by atoms with Gasteiger partial charge < -0.3 is 5.32 Å². The van der Waals surface area contributed by atoms with Crippen LogP contribution in [0.5, 0.6) is 0 Å². The Morgan fingerprint density at radius 2 is 1.79 bits per heavy atom. The summed E-state index contributed by atoms with van der Waals surface area (Å²) in [6.07, 6.45) is -4.51. The molecule has 0 saturated carbocycles. The number of halogens is 5. The average molecular weight is 445 g/mol. The molecule has 1 amide bonds. The van der Waals surface area contributed by atoms with Crippen LogP contribution in [0.2, 0.25) is 5.02 Å². The van der Waals surface area contributed by atoms with Gasteiger partial charge in [-0.15, -0.1) is 10.2 Å². The monoisotopic (exact) mass is 444 g/mol.